The van der Waals surface area contributed by atoms with Gasteiger partial charge in [-0.2, -0.15) is 0 Å². The van der Waals surface area contributed by atoms with Crippen molar-refractivity contribution in [2.75, 3.05) is 0 Å². The molecular formula is C25H22F2O2. The van der Waals surface area contributed by atoms with Gasteiger partial charge in [-0.15, -0.1) is 0 Å². The van der Waals surface area contributed by atoms with E-state index in [1.54, 1.807) is 24.3 Å². The van der Waals surface area contributed by atoms with Gasteiger partial charge < -0.3 is 0 Å². The average molecular weight is 392 g/mol. The average Bonchev–Trinajstić information content (AvgIpc) is 2.76. The Morgan fingerprint density at radius 1 is 0.793 bits per heavy atom. The van der Waals surface area contributed by atoms with Gasteiger partial charge in [0.25, 0.3) is 0 Å². The molecule has 6 rings (SSSR count). The molecule has 3 aliphatic rings. The van der Waals surface area contributed by atoms with Crippen LogP contribution in [0.25, 0.3) is 0 Å². The molecule has 4 heteroatoms. The van der Waals surface area contributed by atoms with E-state index in [9.17, 15) is 8.78 Å². The van der Waals surface area contributed by atoms with Crippen LogP contribution in [0.2, 0.25) is 0 Å². The van der Waals surface area contributed by atoms with Crippen molar-refractivity contribution < 1.29 is 18.6 Å². The second kappa shape index (κ2) is 6.75. The lowest BCUT2D eigenvalue weighted by molar-refractivity contribution is -0.458. The molecule has 0 aromatic heterocycles. The minimum absolute atomic E-state index is 0.131. The molecule has 0 N–H and O–H groups in total. The molecule has 0 saturated carbocycles. The van der Waals surface area contributed by atoms with E-state index in [4.69, 9.17) is 9.78 Å². The van der Waals surface area contributed by atoms with Crippen molar-refractivity contribution in [3.05, 3.63) is 107 Å². The highest BCUT2D eigenvalue weighted by molar-refractivity contribution is 5.52. The molecular weight excluding hydrogens is 370 g/mol. The summed E-state index contributed by atoms with van der Waals surface area (Å²) in [6, 6.07) is 21.1. The van der Waals surface area contributed by atoms with Gasteiger partial charge in [0.15, 0.2) is 11.2 Å². The lowest BCUT2D eigenvalue weighted by Crippen LogP contribution is -2.57. The minimum Gasteiger partial charge on any atom is -0.219 e. The molecule has 3 atom stereocenters. The Labute approximate surface area is 169 Å². The van der Waals surface area contributed by atoms with Crippen LogP contribution in [0.15, 0.2) is 72.8 Å². The Kier molecular flexibility index (Phi) is 4.30. The summed E-state index contributed by atoms with van der Waals surface area (Å²) >= 11 is 0. The zero-order valence-electron chi connectivity index (χ0n) is 16.2. The normalized spacial score (nSPS) is 27.6. The third-order valence-corrected chi connectivity index (χ3v) is 6.41. The van der Waals surface area contributed by atoms with Gasteiger partial charge in [-0.1, -0.05) is 61.9 Å². The summed E-state index contributed by atoms with van der Waals surface area (Å²) in [5, 5.41) is 0. The topological polar surface area (TPSA) is 18.5 Å². The molecule has 2 aliphatic heterocycles. The van der Waals surface area contributed by atoms with Crippen LogP contribution in [0.1, 0.15) is 48.4 Å². The van der Waals surface area contributed by atoms with Gasteiger partial charge in [0.05, 0.1) is 0 Å². The van der Waals surface area contributed by atoms with Crippen LogP contribution in [0.5, 0.6) is 0 Å². The summed E-state index contributed by atoms with van der Waals surface area (Å²) in [5.41, 5.74) is 2.24. The first-order valence-electron chi connectivity index (χ1n) is 10.1. The third kappa shape index (κ3) is 2.59. The van der Waals surface area contributed by atoms with Gasteiger partial charge in [0.1, 0.15) is 11.6 Å². The van der Waals surface area contributed by atoms with E-state index in [-0.39, 0.29) is 17.6 Å². The quantitative estimate of drug-likeness (QED) is 0.490. The number of fused-ring (bicyclic) bond motifs is 2. The summed E-state index contributed by atoms with van der Waals surface area (Å²) in [6.45, 7) is 2.15. The van der Waals surface area contributed by atoms with Gasteiger partial charge in [-0.3, -0.25) is 0 Å². The second-order valence-electron chi connectivity index (χ2n) is 7.98. The first-order chi connectivity index (χ1) is 14.1. The van der Waals surface area contributed by atoms with E-state index in [2.05, 4.69) is 19.1 Å². The lowest BCUT2D eigenvalue weighted by Gasteiger charge is -2.57. The lowest BCUT2D eigenvalue weighted by atomic mass is 9.59. The Bertz CT molecular complexity index is 1030. The number of hydrogen-bond acceptors (Lipinski definition) is 2. The first-order valence-corrected chi connectivity index (χ1v) is 10.1. The van der Waals surface area contributed by atoms with E-state index >= 15 is 0 Å². The van der Waals surface area contributed by atoms with E-state index in [1.165, 1.54) is 24.3 Å². The number of rotatable bonds is 4. The Morgan fingerprint density at radius 3 is 2.00 bits per heavy atom. The monoisotopic (exact) mass is 392 g/mol. The predicted molar refractivity (Wildman–Crippen MR) is 106 cm³/mol. The van der Waals surface area contributed by atoms with Crippen molar-refractivity contribution in [1.29, 1.82) is 0 Å². The fourth-order valence-corrected chi connectivity index (χ4v) is 5.14. The van der Waals surface area contributed by atoms with Crippen molar-refractivity contribution in [3.8, 4) is 0 Å². The second-order valence-corrected chi connectivity index (χ2v) is 7.98. The highest BCUT2D eigenvalue weighted by Gasteiger charge is 2.61. The fraction of sp³-hybridized carbons (Fsp3) is 0.280. The van der Waals surface area contributed by atoms with E-state index in [0.29, 0.717) is 6.42 Å². The standard InChI is InChI=1S/C25H22F2O2/c1-2-5-19-16-24(17-8-12-20(26)13-9-17)22-6-3-4-7-23(22)25(19,29-28-24)18-10-14-21(27)15-11-18/h3-4,6-15,19H,2,5,16H2,1H3/t19?,24-,25-/m0/s1. The van der Waals surface area contributed by atoms with Crippen LogP contribution in [-0.4, -0.2) is 0 Å². The molecule has 29 heavy (non-hydrogen) atoms. The number of benzene rings is 3. The van der Waals surface area contributed by atoms with Crippen molar-refractivity contribution >= 4 is 0 Å². The smallest absolute Gasteiger partial charge is 0.157 e. The van der Waals surface area contributed by atoms with Crippen LogP contribution >= 0.6 is 0 Å². The van der Waals surface area contributed by atoms with Gasteiger partial charge in [-0.25, -0.2) is 18.6 Å². The summed E-state index contributed by atoms with van der Waals surface area (Å²) in [5.74, 6) is -0.429. The van der Waals surface area contributed by atoms with Gasteiger partial charge >= 0.3 is 0 Å². The zero-order chi connectivity index (χ0) is 20.1. The molecule has 1 unspecified atom stereocenters. The highest BCUT2D eigenvalue weighted by Crippen LogP contribution is 2.61. The molecule has 1 saturated heterocycles. The summed E-state index contributed by atoms with van der Waals surface area (Å²) in [6.07, 6.45) is 2.62. The molecule has 3 aromatic rings. The third-order valence-electron chi connectivity index (χ3n) is 6.41. The van der Waals surface area contributed by atoms with Crippen LogP contribution in [-0.2, 0) is 21.0 Å². The van der Waals surface area contributed by atoms with Crippen molar-refractivity contribution in [3.63, 3.8) is 0 Å². The minimum atomic E-state index is -0.790. The van der Waals surface area contributed by atoms with Crippen LogP contribution in [0, 0.1) is 17.6 Å². The first kappa shape index (κ1) is 18.5. The maximum Gasteiger partial charge on any atom is 0.157 e. The molecule has 0 amide bonds. The SMILES string of the molecule is CCCC1C[C@@]2(c3ccc(F)cc3)OO[C@]1(c1ccc(F)cc1)c1ccccc12. The van der Waals surface area contributed by atoms with Crippen molar-refractivity contribution in [2.24, 2.45) is 5.92 Å². The van der Waals surface area contributed by atoms with Crippen molar-refractivity contribution in [1.82, 2.24) is 0 Å². The largest absolute Gasteiger partial charge is 0.219 e. The summed E-state index contributed by atoms with van der Waals surface area (Å²) < 4.78 is 27.2. The Balaban J connectivity index is 1.76. The van der Waals surface area contributed by atoms with Crippen LogP contribution in [0.4, 0.5) is 8.78 Å². The van der Waals surface area contributed by atoms with E-state index in [0.717, 1.165) is 35.1 Å². The molecule has 1 fully saturated rings. The molecule has 148 valence electrons. The van der Waals surface area contributed by atoms with Crippen LogP contribution < -0.4 is 0 Å². The maximum atomic E-state index is 13.6. The maximum absolute atomic E-state index is 13.6. The van der Waals surface area contributed by atoms with E-state index < -0.39 is 11.2 Å². The zero-order valence-corrected chi connectivity index (χ0v) is 16.2. The summed E-state index contributed by atoms with van der Waals surface area (Å²) in [7, 11) is 0. The highest BCUT2D eigenvalue weighted by atomic mass is 19.1. The molecule has 2 nitrogen and oxygen atoms in total. The molecule has 2 heterocycles. The molecule has 2 bridgehead atoms. The molecule has 1 aliphatic carbocycles. The number of hydrogen-bond donors (Lipinski definition) is 0. The Morgan fingerprint density at radius 2 is 1.38 bits per heavy atom. The van der Waals surface area contributed by atoms with Gasteiger partial charge in [0.2, 0.25) is 0 Å². The number of halogens is 2. The molecule has 0 spiro atoms. The van der Waals surface area contributed by atoms with Crippen molar-refractivity contribution in [2.45, 2.75) is 37.4 Å². The van der Waals surface area contributed by atoms with Gasteiger partial charge in [-0.05, 0) is 59.4 Å². The Hall–Kier alpha value is -2.56. The van der Waals surface area contributed by atoms with Crippen LogP contribution in [0.3, 0.4) is 0 Å². The summed E-state index contributed by atoms with van der Waals surface area (Å²) in [4.78, 5) is 12.4. The predicted octanol–water partition coefficient (Wildman–Crippen LogP) is 6.23. The molecule has 0 radical (unpaired) electrons. The van der Waals surface area contributed by atoms with E-state index in [1.807, 2.05) is 12.1 Å². The van der Waals surface area contributed by atoms with Gasteiger partial charge in [0, 0.05) is 5.92 Å². The molecule has 3 aromatic carbocycles. The fourth-order valence-electron chi connectivity index (χ4n) is 5.14.